The van der Waals surface area contributed by atoms with Crippen molar-refractivity contribution < 1.29 is 19.7 Å². The summed E-state index contributed by atoms with van der Waals surface area (Å²) >= 11 is 0. The first-order valence-corrected chi connectivity index (χ1v) is 7.90. The average Bonchev–Trinajstić information content (AvgIpc) is 2.74. The fraction of sp³-hybridized carbons (Fsp3) is 0.211. The van der Waals surface area contributed by atoms with Crippen LogP contribution in [0.4, 0.5) is 0 Å². The molecular weight excluding hydrogens is 334 g/mol. The molecule has 0 radical (unpaired) electrons. The highest BCUT2D eigenvalue weighted by molar-refractivity contribution is 5.29. The smallest absolute Gasteiger partial charge is 0.254 e. The molecule has 0 aliphatic carbocycles. The lowest BCUT2D eigenvalue weighted by Crippen LogP contribution is -2.35. The number of aliphatic hydroxyl groups is 2. The van der Waals surface area contributed by atoms with Crippen LogP contribution in [0.2, 0.25) is 0 Å². The van der Waals surface area contributed by atoms with Crippen LogP contribution in [-0.4, -0.2) is 39.4 Å². The maximum atomic E-state index is 11.0. The number of hydrogen-bond donors (Lipinski definition) is 2. The number of methoxy groups -OCH3 is 2. The van der Waals surface area contributed by atoms with Crippen LogP contribution in [0.1, 0.15) is 22.8 Å². The molecule has 0 spiro atoms. The van der Waals surface area contributed by atoms with E-state index in [1.54, 1.807) is 67.0 Å². The highest BCUT2D eigenvalue weighted by Gasteiger charge is 2.39. The van der Waals surface area contributed by atoms with Crippen molar-refractivity contribution in [2.75, 3.05) is 14.2 Å². The Morgan fingerprint density at radius 2 is 1.08 bits per heavy atom. The zero-order valence-electron chi connectivity index (χ0n) is 14.4. The summed E-state index contributed by atoms with van der Waals surface area (Å²) in [5, 5.41) is 22.0. The van der Waals surface area contributed by atoms with E-state index in [1.165, 1.54) is 14.2 Å². The van der Waals surface area contributed by atoms with E-state index in [-0.39, 0.29) is 22.8 Å². The number of nitrogens with zero attached hydrogens (tertiary/aromatic N) is 3. The Morgan fingerprint density at radius 3 is 1.42 bits per heavy atom. The van der Waals surface area contributed by atoms with Crippen molar-refractivity contribution in [1.82, 2.24) is 15.0 Å². The van der Waals surface area contributed by atoms with Gasteiger partial charge in [0.2, 0.25) is 0 Å². The third-order valence-electron chi connectivity index (χ3n) is 4.06. The molecule has 134 valence electrons. The quantitative estimate of drug-likeness (QED) is 0.649. The molecule has 3 heterocycles. The van der Waals surface area contributed by atoms with Gasteiger partial charge in [-0.25, -0.2) is 4.98 Å². The summed E-state index contributed by atoms with van der Waals surface area (Å²) in [6.07, 6.45) is 3.09. The van der Waals surface area contributed by atoms with Crippen molar-refractivity contribution >= 4 is 0 Å². The normalized spacial score (nSPS) is 15.8. The summed E-state index contributed by atoms with van der Waals surface area (Å²) in [7, 11) is 2.70. The average molecular weight is 353 g/mol. The number of hydrogen-bond acceptors (Lipinski definition) is 7. The molecule has 0 aliphatic heterocycles. The van der Waals surface area contributed by atoms with E-state index in [0.29, 0.717) is 0 Å². The van der Waals surface area contributed by atoms with Crippen LogP contribution >= 0.6 is 0 Å². The van der Waals surface area contributed by atoms with Crippen LogP contribution in [0.25, 0.3) is 0 Å². The third-order valence-corrected chi connectivity index (χ3v) is 4.06. The lowest BCUT2D eigenvalue weighted by molar-refractivity contribution is -0.173. The van der Waals surface area contributed by atoms with Gasteiger partial charge >= 0.3 is 0 Å². The van der Waals surface area contributed by atoms with Crippen LogP contribution < -0.4 is 0 Å². The predicted molar refractivity (Wildman–Crippen MR) is 92.7 cm³/mol. The van der Waals surface area contributed by atoms with Gasteiger partial charge in [-0.2, -0.15) is 0 Å². The number of rotatable bonds is 6. The second-order valence-electron chi connectivity index (χ2n) is 5.53. The van der Waals surface area contributed by atoms with Gasteiger partial charge in [0.1, 0.15) is 22.8 Å². The van der Waals surface area contributed by atoms with Crippen molar-refractivity contribution in [1.29, 1.82) is 0 Å². The maximum Gasteiger partial charge on any atom is 0.254 e. The van der Waals surface area contributed by atoms with Crippen LogP contribution in [0.15, 0.2) is 67.0 Å². The molecule has 2 atom stereocenters. The van der Waals surface area contributed by atoms with Gasteiger partial charge < -0.3 is 19.7 Å². The SMILES string of the molecule is CO[C@@](O)(c1ccccn1)c1cccc([C@](O)(OC)c2ccccn2)n1. The fourth-order valence-corrected chi connectivity index (χ4v) is 2.62. The van der Waals surface area contributed by atoms with Gasteiger partial charge in [0, 0.05) is 26.6 Å². The van der Waals surface area contributed by atoms with Crippen LogP contribution in [-0.2, 0) is 21.0 Å². The van der Waals surface area contributed by atoms with Crippen molar-refractivity contribution in [3.8, 4) is 0 Å². The second kappa shape index (κ2) is 7.27. The van der Waals surface area contributed by atoms with Crippen molar-refractivity contribution in [2.24, 2.45) is 0 Å². The summed E-state index contributed by atoms with van der Waals surface area (Å²) < 4.78 is 10.6. The van der Waals surface area contributed by atoms with Gasteiger partial charge in [0.05, 0.1) is 0 Å². The molecule has 2 N–H and O–H groups in total. The molecule has 0 unspecified atom stereocenters. The van der Waals surface area contributed by atoms with Gasteiger partial charge in [-0.3, -0.25) is 9.97 Å². The molecule has 26 heavy (non-hydrogen) atoms. The molecule has 3 rings (SSSR count). The van der Waals surface area contributed by atoms with E-state index in [9.17, 15) is 10.2 Å². The van der Waals surface area contributed by atoms with Gasteiger partial charge in [-0.05, 0) is 36.4 Å². The zero-order valence-corrected chi connectivity index (χ0v) is 14.4. The lowest BCUT2D eigenvalue weighted by atomic mass is 10.0. The molecule has 0 aliphatic rings. The molecule has 7 nitrogen and oxygen atoms in total. The lowest BCUT2D eigenvalue weighted by Gasteiger charge is -2.29. The molecular formula is C19H19N3O4. The van der Waals surface area contributed by atoms with E-state index < -0.39 is 11.6 Å². The minimum Gasteiger partial charge on any atom is -0.356 e. The number of aromatic nitrogens is 3. The standard InChI is InChI=1S/C19H19N3O4/c1-25-18(23,14-8-3-5-12-20-14)16-10-7-11-17(22-16)19(24,26-2)15-9-4-6-13-21-15/h3-13,23-24H,1-2H3/t18-,19+. The Bertz CT molecular complexity index is 794. The van der Waals surface area contributed by atoms with Gasteiger partial charge in [-0.1, -0.05) is 18.2 Å². The van der Waals surface area contributed by atoms with Gasteiger partial charge in [0.15, 0.2) is 0 Å². The molecule has 0 saturated heterocycles. The highest BCUT2D eigenvalue weighted by Crippen LogP contribution is 2.32. The molecule has 0 bridgehead atoms. The molecule has 0 saturated carbocycles. The molecule has 0 aromatic carbocycles. The fourth-order valence-electron chi connectivity index (χ4n) is 2.62. The number of ether oxygens (including phenoxy) is 2. The molecule has 7 heteroatoms. The zero-order chi connectivity index (χ0) is 18.6. The minimum absolute atomic E-state index is 0.155. The Kier molecular flexibility index (Phi) is 5.06. The summed E-state index contributed by atoms with van der Waals surface area (Å²) in [6.45, 7) is 0. The first kappa shape index (κ1) is 18.1. The Hall–Kier alpha value is -2.71. The molecule has 0 amide bonds. The van der Waals surface area contributed by atoms with E-state index in [4.69, 9.17) is 9.47 Å². The minimum atomic E-state index is -1.88. The van der Waals surface area contributed by atoms with E-state index in [1.807, 2.05) is 0 Å². The van der Waals surface area contributed by atoms with E-state index in [2.05, 4.69) is 15.0 Å². The van der Waals surface area contributed by atoms with Crippen LogP contribution in [0.5, 0.6) is 0 Å². The Labute approximate surface area is 150 Å². The molecule has 3 aromatic rings. The first-order valence-electron chi connectivity index (χ1n) is 7.90. The van der Waals surface area contributed by atoms with Crippen molar-refractivity contribution in [3.63, 3.8) is 0 Å². The monoisotopic (exact) mass is 353 g/mol. The second-order valence-corrected chi connectivity index (χ2v) is 5.53. The van der Waals surface area contributed by atoms with Crippen molar-refractivity contribution in [3.05, 3.63) is 89.8 Å². The predicted octanol–water partition coefficient (Wildman–Crippen LogP) is 1.55. The summed E-state index contributed by atoms with van der Waals surface area (Å²) in [6, 6.07) is 15.0. The highest BCUT2D eigenvalue weighted by atomic mass is 16.6. The van der Waals surface area contributed by atoms with Gasteiger partial charge in [-0.15, -0.1) is 0 Å². The summed E-state index contributed by atoms with van der Waals surface area (Å²) in [4.78, 5) is 12.7. The van der Waals surface area contributed by atoms with Gasteiger partial charge in [0.25, 0.3) is 11.6 Å². The number of pyridine rings is 3. The summed E-state index contributed by atoms with van der Waals surface area (Å²) in [5.74, 6) is -3.76. The molecule has 0 fully saturated rings. The van der Waals surface area contributed by atoms with Crippen LogP contribution in [0, 0.1) is 0 Å². The topological polar surface area (TPSA) is 97.6 Å². The molecule has 3 aromatic heterocycles. The van der Waals surface area contributed by atoms with E-state index in [0.717, 1.165) is 0 Å². The van der Waals surface area contributed by atoms with Crippen molar-refractivity contribution in [2.45, 2.75) is 11.6 Å². The van der Waals surface area contributed by atoms with E-state index >= 15 is 0 Å². The Balaban J connectivity index is 2.10. The first-order chi connectivity index (χ1) is 12.5. The Morgan fingerprint density at radius 1 is 0.654 bits per heavy atom. The largest absolute Gasteiger partial charge is 0.356 e. The summed E-state index contributed by atoms with van der Waals surface area (Å²) in [5.41, 5.74) is 0.849. The third kappa shape index (κ3) is 3.09. The van der Waals surface area contributed by atoms with Crippen LogP contribution in [0.3, 0.4) is 0 Å². The maximum absolute atomic E-state index is 11.0.